The highest BCUT2D eigenvalue weighted by Gasteiger charge is 2.14. The summed E-state index contributed by atoms with van der Waals surface area (Å²) in [6.45, 7) is 3.79. The number of ether oxygens (including phenoxy) is 3. The highest BCUT2D eigenvalue weighted by atomic mass is 16.5. The summed E-state index contributed by atoms with van der Waals surface area (Å²) < 4.78 is 15.7. The zero-order chi connectivity index (χ0) is 16.5. The predicted octanol–water partition coefficient (Wildman–Crippen LogP) is 1.92. The number of nitrogens with one attached hydrogen (secondary N) is 1. The van der Waals surface area contributed by atoms with E-state index in [2.05, 4.69) is 11.9 Å². The van der Waals surface area contributed by atoms with Gasteiger partial charge in [-0.15, -0.1) is 6.58 Å². The van der Waals surface area contributed by atoms with E-state index < -0.39 is 5.91 Å². The Morgan fingerprint density at radius 3 is 2.27 bits per heavy atom. The Hall–Kier alpha value is -2.94. The van der Waals surface area contributed by atoms with E-state index >= 15 is 0 Å². The normalized spacial score (nSPS) is 10.4. The summed E-state index contributed by atoms with van der Waals surface area (Å²) in [5, 5.41) is 11.7. The van der Waals surface area contributed by atoms with Gasteiger partial charge in [-0.1, -0.05) is 6.08 Å². The van der Waals surface area contributed by atoms with Crippen molar-refractivity contribution in [2.24, 2.45) is 0 Å². The SMILES string of the molecule is C=CCNC(=O)/C(C#N)=C\c1cc(OC)c(OC)c(OC)c1. The molecule has 0 aliphatic rings. The molecule has 0 unspecified atom stereocenters. The molecule has 1 N–H and O–H groups in total. The van der Waals surface area contributed by atoms with Crippen molar-refractivity contribution in [3.8, 4) is 23.3 Å². The number of hydrogen-bond acceptors (Lipinski definition) is 5. The van der Waals surface area contributed by atoms with Gasteiger partial charge in [-0.05, 0) is 23.8 Å². The third kappa shape index (κ3) is 4.03. The monoisotopic (exact) mass is 302 g/mol. The van der Waals surface area contributed by atoms with Gasteiger partial charge in [0.25, 0.3) is 5.91 Å². The molecule has 0 aliphatic heterocycles. The molecule has 0 aromatic heterocycles. The molecule has 6 heteroatoms. The molecule has 0 heterocycles. The Morgan fingerprint density at radius 1 is 1.27 bits per heavy atom. The Balaban J connectivity index is 3.25. The van der Waals surface area contributed by atoms with E-state index in [9.17, 15) is 4.79 Å². The van der Waals surface area contributed by atoms with E-state index in [1.165, 1.54) is 33.5 Å². The average molecular weight is 302 g/mol. The van der Waals surface area contributed by atoms with Crippen LogP contribution in [0, 0.1) is 11.3 Å². The van der Waals surface area contributed by atoms with Gasteiger partial charge in [-0.3, -0.25) is 4.79 Å². The number of benzene rings is 1. The van der Waals surface area contributed by atoms with Crippen LogP contribution in [0.5, 0.6) is 17.2 Å². The first-order valence-electron chi connectivity index (χ1n) is 6.42. The minimum Gasteiger partial charge on any atom is -0.493 e. The second-order valence-corrected chi connectivity index (χ2v) is 4.13. The minimum absolute atomic E-state index is 0.0314. The van der Waals surface area contributed by atoms with Crippen molar-refractivity contribution in [1.82, 2.24) is 5.32 Å². The van der Waals surface area contributed by atoms with Crippen molar-refractivity contribution in [1.29, 1.82) is 5.26 Å². The zero-order valence-electron chi connectivity index (χ0n) is 12.8. The largest absolute Gasteiger partial charge is 0.493 e. The molecular formula is C16H18N2O4. The number of hydrogen-bond donors (Lipinski definition) is 1. The standard InChI is InChI=1S/C16H18N2O4/c1-5-6-18-16(19)12(10-17)7-11-8-13(20-2)15(22-4)14(9-11)21-3/h5,7-9H,1,6H2,2-4H3,(H,18,19)/b12-7-. The Kier molecular flexibility index (Phi) is 6.51. The third-order valence-electron chi connectivity index (χ3n) is 2.77. The second kappa shape index (κ2) is 8.37. The number of amides is 1. The van der Waals surface area contributed by atoms with Crippen molar-refractivity contribution >= 4 is 12.0 Å². The van der Waals surface area contributed by atoms with Crippen LogP contribution >= 0.6 is 0 Å². The lowest BCUT2D eigenvalue weighted by Crippen LogP contribution is -2.24. The molecule has 0 aliphatic carbocycles. The Bertz CT molecular complexity index is 605. The summed E-state index contributed by atoms with van der Waals surface area (Å²) in [6, 6.07) is 5.17. The topological polar surface area (TPSA) is 80.6 Å². The van der Waals surface area contributed by atoms with Crippen LogP contribution in [0.3, 0.4) is 0 Å². The van der Waals surface area contributed by atoms with Crippen molar-refractivity contribution in [3.05, 3.63) is 35.9 Å². The molecule has 1 aromatic carbocycles. The van der Waals surface area contributed by atoms with E-state index in [-0.39, 0.29) is 12.1 Å². The number of nitriles is 1. The summed E-state index contributed by atoms with van der Waals surface area (Å²) >= 11 is 0. The lowest BCUT2D eigenvalue weighted by molar-refractivity contribution is -0.116. The number of carbonyl (C=O) groups excluding carboxylic acids is 1. The zero-order valence-corrected chi connectivity index (χ0v) is 12.8. The van der Waals surface area contributed by atoms with Crippen LogP contribution in [0.1, 0.15) is 5.56 Å². The van der Waals surface area contributed by atoms with Crippen molar-refractivity contribution in [2.45, 2.75) is 0 Å². The number of nitrogens with zero attached hydrogens (tertiary/aromatic N) is 1. The highest BCUT2D eigenvalue weighted by molar-refractivity contribution is 6.01. The van der Waals surface area contributed by atoms with Gasteiger partial charge in [0.2, 0.25) is 5.75 Å². The molecule has 1 amide bonds. The fourth-order valence-electron chi connectivity index (χ4n) is 1.76. The molecule has 116 valence electrons. The molecule has 0 atom stereocenters. The molecule has 0 saturated carbocycles. The van der Waals surface area contributed by atoms with Gasteiger partial charge < -0.3 is 19.5 Å². The van der Waals surface area contributed by atoms with E-state index in [1.807, 2.05) is 6.07 Å². The van der Waals surface area contributed by atoms with Crippen molar-refractivity contribution in [2.75, 3.05) is 27.9 Å². The van der Waals surface area contributed by atoms with E-state index in [1.54, 1.807) is 12.1 Å². The van der Waals surface area contributed by atoms with Crippen LogP contribution < -0.4 is 19.5 Å². The summed E-state index contributed by atoms with van der Waals surface area (Å²) in [5.74, 6) is 0.849. The van der Waals surface area contributed by atoms with E-state index in [0.29, 0.717) is 22.8 Å². The number of carbonyl (C=O) groups is 1. The lowest BCUT2D eigenvalue weighted by Gasteiger charge is -2.13. The van der Waals surface area contributed by atoms with Gasteiger partial charge in [0.05, 0.1) is 21.3 Å². The molecule has 0 fully saturated rings. The smallest absolute Gasteiger partial charge is 0.262 e. The number of methoxy groups -OCH3 is 3. The van der Waals surface area contributed by atoms with Gasteiger partial charge in [0.15, 0.2) is 11.5 Å². The van der Waals surface area contributed by atoms with Gasteiger partial charge in [0, 0.05) is 6.54 Å². The fraction of sp³-hybridized carbons (Fsp3) is 0.250. The second-order valence-electron chi connectivity index (χ2n) is 4.13. The molecular weight excluding hydrogens is 284 g/mol. The van der Waals surface area contributed by atoms with Crippen LogP contribution in [-0.4, -0.2) is 33.8 Å². The van der Waals surface area contributed by atoms with Gasteiger partial charge in [0.1, 0.15) is 11.6 Å². The molecule has 1 aromatic rings. The maximum absolute atomic E-state index is 11.8. The van der Waals surface area contributed by atoms with Crippen LogP contribution in [0.15, 0.2) is 30.4 Å². The molecule has 0 spiro atoms. The van der Waals surface area contributed by atoms with E-state index in [0.717, 1.165) is 0 Å². The first kappa shape index (κ1) is 17.1. The molecule has 1 rings (SSSR count). The van der Waals surface area contributed by atoms with Crippen LogP contribution in [0.2, 0.25) is 0 Å². The van der Waals surface area contributed by atoms with Crippen molar-refractivity contribution in [3.63, 3.8) is 0 Å². The van der Waals surface area contributed by atoms with Gasteiger partial charge in [-0.2, -0.15) is 5.26 Å². The van der Waals surface area contributed by atoms with E-state index in [4.69, 9.17) is 19.5 Å². The molecule has 0 radical (unpaired) electrons. The summed E-state index contributed by atoms with van der Waals surface area (Å²) in [4.78, 5) is 11.8. The maximum Gasteiger partial charge on any atom is 0.262 e. The fourth-order valence-corrected chi connectivity index (χ4v) is 1.76. The summed E-state index contributed by atoms with van der Waals surface area (Å²) in [5.41, 5.74) is 0.552. The summed E-state index contributed by atoms with van der Waals surface area (Å²) in [6.07, 6.45) is 2.98. The number of rotatable bonds is 7. The third-order valence-corrected chi connectivity index (χ3v) is 2.77. The molecule has 0 saturated heterocycles. The highest BCUT2D eigenvalue weighted by Crippen LogP contribution is 2.38. The average Bonchev–Trinajstić information content (AvgIpc) is 2.56. The molecule has 22 heavy (non-hydrogen) atoms. The molecule has 6 nitrogen and oxygen atoms in total. The predicted molar refractivity (Wildman–Crippen MR) is 82.9 cm³/mol. The minimum atomic E-state index is -0.476. The van der Waals surface area contributed by atoms with Crippen LogP contribution in [0.25, 0.3) is 6.08 Å². The quantitative estimate of drug-likeness (QED) is 0.473. The van der Waals surface area contributed by atoms with Crippen LogP contribution in [0.4, 0.5) is 0 Å². The Labute approximate surface area is 129 Å². The lowest BCUT2D eigenvalue weighted by atomic mass is 10.1. The first-order chi connectivity index (χ1) is 10.6. The van der Waals surface area contributed by atoms with Gasteiger partial charge in [-0.25, -0.2) is 0 Å². The van der Waals surface area contributed by atoms with Crippen molar-refractivity contribution < 1.29 is 19.0 Å². The maximum atomic E-state index is 11.8. The summed E-state index contributed by atoms with van der Waals surface area (Å²) in [7, 11) is 4.49. The Morgan fingerprint density at radius 2 is 1.86 bits per heavy atom. The van der Waals surface area contributed by atoms with Crippen LogP contribution in [-0.2, 0) is 4.79 Å². The molecule has 0 bridgehead atoms. The first-order valence-corrected chi connectivity index (χ1v) is 6.42. The van der Waals surface area contributed by atoms with Gasteiger partial charge >= 0.3 is 0 Å².